The van der Waals surface area contributed by atoms with Gasteiger partial charge in [0.05, 0.1) is 18.2 Å². The number of ether oxygens (including phenoxy) is 1. The van der Waals surface area contributed by atoms with E-state index in [2.05, 4.69) is 13.8 Å². The summed E-state index contributed by atoms with van der Waals surface area (Å²) >= 11 is 0. The van der Waals surface area contributed by atoms with E-state index in [0.29, 0.717) is 35.1 Å². The molecule has 0 aromatic heterocycles. The van der Waals surface area contributed by atoms with Crippen LogP contribution in [0.1, 0.15) is 49.4 Å². The molecule has 0 aliphatic carbocycles. The SMILES string of the molecule is CCOc1cccc(/C(O)=C2/C(=O)C(=O)N(c3ccc(C(C)C)cc3)C2c2cccc(O)c2)c1. The molecule has 4 rings (SSSR count). The van der Waals surface area contributed by atoms with Crippen molar-refractivity contribution in [1.29, 1.82) is 0 Å². The second kappa shape index (κ2) is 9.43. The Hall–Kier alpha value is -4.06. The van der Waals surface area contributed by atoms with Gasteiger partial charge in [-0.25, -0.2) is 0 Å². The summed E-state index contributed by atoms with van der Waals surface area (Å²) in [6.45, 7) is 6.45. The molecule has 1 atom stereocenters. The van der Waals surface area contributed by atoms with Crippen LogP contribution in [-0.2, 0) is 9.59 Å². The first-order valence-corrected chi connectivity index (χ1v) is 11.2. The summed E-state index contributed by atoms with van der Waals surface area (Å²) in [7, 11) is 0. The third-order valence-corrected chi connectivity index (χ3v) is 5.89. The Bertz CT molecular complexity index is 1260. The lowest BCUT2D eigenvalue weighted by Gasteiger charge is -2.26. The predicted molar refractivity (Wildman–Crippen MR) is 131 cm³/mol. The summed E-state index contributed by atoms with van der Waals surface area (Å²) in [5.74, 6) is -0.984. The third-order valence-electron chi connectivity index (χ3n) is 5.89. The summed E-state index contributed by atoms with van der Waals surface area (Å²) in [4.78, 5) is 27.9. The molecule has 3 aromatic rings. The van der Waals surface area contributed by atoms with Crippen molar-refractivity contribution >= 4 is 23.1 Å². The molecule has 3 aromatic carbocycles. The van der Waals surface area contributed by atoms with Gasteiger partial charge in [0.25, 0.3) is 11.7 Å². The molecular weight excluding hydrogens is 430 g/mol. The summed E-state index contributed by atoms with van der Waals surface area (Å²) in [6, 6.07) is 19.6. The number of nitrogens with zero attached hydrogens (tertiary/aromatic N) is 1. The zero-order valence-electron chi connectivity index (χ0n) is 19.4. The zero-order valence-corrected chi connectivity index (χ0v) is 19.4. The Balaban J connectivity index is 1.90. The summed E-state index contributed by atoms with van der Waals surface area (Å²) in [5, 5.41) is 21.4. The first-order chi connectivity index (χ1) is 16.3. The molecule has 6 heteroatoms. The number of carbonyl (C=O) groups excluding carboxylic acids is 2. The van der Waals surface area contributed by atoms with Crippen molar-refractivity contribution in [2.75, 3.05) is 11.5 Å². The molecule has 34 heavy (non-hydrogen) atoms. The van der Waals surface area contributed by atoms with Crippen molar-refractivity contribution in [3.63, 3.8) is 0 Å². The van der Waals surface area contributed by atoms with Gasteiger partial charge in [0.2, 0.25) is 0 Å². The number of hydrogen-bond acceptors (Lipinski definition) is 5. The molecule has 1 aliphatic rings. The molecule has 1 aliphatic heterocycles. The van der Waals surface area contributed by atoms with Crippen LogP contribution in [0.25, 0.3) is 5.76 Å². The maximum atomic E-state index is 13.3. The first-order valence-electron chi connectivity index (χ1n) is 11.2. The van der Waals surface area contributed by atoms with Crippen LogP contribution in [-0.4, -0.2) is 28.5 Å². The third kappa shape index (κ3) is 4.27. The largest absolute Gasteiger partial charge is 0.508 e. The van der Waals surface area contributed by atoms with E-state index in [9.17, 15) is 19.8 Å². The van der Waals surface area contributed by atoms with Crippen LogP contribution in [0.3, 0.4) is 0 Å². The fourth-order valence-electron chi connectivity index (χ4n) is 4.18. The van der Waals surface area contributed by atoms with Gasteiger partial charge in [-0.3, -0.25) is 14.5 Å². The minimum atomic E-state index is -0.909. The number of phenols is 1. The fourth-order valence-corrected chi connectivity index (χ4v) is 4.18. The van der Waals surface area contributed by atoms with Crippen LogP contribution in [0.2, 0.25) is 0 Å². The normalized spacial score (nSPS) is 17.4. The number of Topliss-reactive ketones (excluding diaryl/α,β-unsaturated/α-hetero) is 1. The van der Waals surface area contributed by atoms with Crippen LogP contribution in [0, 0.1) is 0 Å². The number of rotatable bonds is 6. The van der Waals surface area contributed by atoms with Gasteiger partial charge in [0, 0.05) is 11.3 Å². The van der Waals surface area contributed by atoms with Crippen LogP contribution in [0.4, 0.5) is 5.69 Å². The highest BCUT2D eigenvalue weighted by Gasteiger charge is 2.47. The number of aromatic hydroxyl groups is 1. The first kappa shape index (κ1) is 23.1. The van der Waals surface area contributed by atoms with Gasteiger partial charge in [-0.2, -0.15) is 0 Å². The van der Waals surface area contributed by atoms with E-state index in [-0.39, 0.29) is 17.1 Å². The van der Waals surface area contributed by atoms with Gasteiger partial charge in [-0.1, -0.05) is 50.2 Å². The Labute approximate surface area is 198 Å². The smallest absolute Gasteiger partial charge is 0.300 e. The number of amides is 1. The quantitative estimate of drug-likeness (QED) is 0.288. The van der Waals surface area contributed by atoms with Crippen molar-refractivity contribution in [2.24, 2.45) is 0 Å². The standard InChI is InChI=1S/C28H27NO5/c1-4-34-23-10-6-8-20(16-23)26(31)24-25(19-7-5-9-22(30)15-19)29(28(33)27(24)32)21-13-11-18(12-14-21)17(2)3/h5-17,25,30-31H,4H2,1-3H3/b26-24-. The fraction of sp³-hybridized carbons (Fsp3) is 0.214. The van der Waals surface area contributed by atoms with E-state index in [1.54, 1.807) is 48.5 Å². The van der Waals surface area contributed by atoms with Crippen LogP contribution in [0.5, 0.6) is 11.5 Å². The van der Waals surface area contributed by atoms with Gasteiger partial charge in [-0.15, -0.1) is 0 Å². The Kier molecular flexibility index (Phi) is 6.41. The molecule has 0 bridgehead atoms. The summed E-state index contributed by atoms with van der Waals surface area (Å²) < 4.78 is 5.53. The maximum absolute atomic E-state index is 13.3. The minimum absolute atomic E-state index is 0.00316. The highest BCUT2D eigenvalue weighted by Crippen LogP contribution is 2.43. The van der Waals surface area contributed by atoms with Crippen molar-refractivity contribution < 1.29 is 24.5 Å². The molecule has 0 spiro atoms. The number of anilines is 1. The molecular formula is C28H27NO5. The van der Waals surface area contributed by atoms with E-state index < -0.39 is 17.7 Å². The van der Waals surface area contributed by atoms with E-state index in [1.807, 2.05) is 19.1 Å². The number of ketones is 1. The van der Waals surface area contributed by atoms with Crippen molar-refractivity contribution in [1.82, 2.24) is 0 Å². The average molecular weight is 458 g/mol. The molecule has 2 N–H and O–H groups in total. The molecule has 1 unspecified atom stereocenters. The lowest BCUT2D eigenvalue weighted by atomic mass is 9.94. The van der Waals surface area contributed by atoms with E-state index in [0.717, 1.165) is 5.56 Å². The highest BCUT2D eigenvalue weighted by molar-refractivity contribution is 6.51. The lowest BCUT2D eigenvalue weighted by Crippen LogP contribution is -2.29. The Morgan fingerprint density at radius 1 is 1.00 bits per heavy atom. The second-order valence-corrected chi connectivity index (χ2v) is 8.47. The number of benzene rings is 3. The summed E-state index contributed by atoms with van der Waals surface area (Å²) in [6.07, 6.45) is 0. The second-order valence-electron chi connectivity index (χ2n) is 8.47. The van der Waals surface area contributed by atoms with Crippen LogP contribution >= 0.6 is 0 Å². The van der Waals surface area contributed by atoms with E-state index in [4.69, 9.17) is 4.74 Å². The van der Waals surface area contributed by atoms with Gasteiger partial charge in [0.15, 0.2) is 0 Å². The minimum Gasteiger partial charge on any atom is -0.508 e. The van der Waals surface area contributed by atoms with Crippen molar-refractivity contribution in [2.45, 2.75) is 32.7 Å². The predicted octanol–water partition coefficient (Wildman–Crippen LogP) is 5.54. The number of aliphatic hydroxyl groups is 1. The maximum Gasteiger partial charge on any atom is 0.300 e. The molecule has 1 fully saturated rings. The highest BCUT2D eigenvalue weighted by atomic mass is 16.5. The Morgan fingerprint density at radius 3 is 2.35 bits per heavy atom. The number of hydrogen-bond donors (Lipinski definition) is 2. The van der Waals surface area contributed by atoms with E-state index in [1.165, 1.54) is 17.0 Å². The number of carbonyl (C=O) groups is 2. The molecule has 1 saturated heterocycles. The van der Waals surface area contributed by atoms with Gasteiger partial charge in [0.1, 0.15) is 17.3 Å². The van der Waals surface area contributed by atoms with Gasteiger partial charge < -0.3 is 14.9 Å². The van der Waals surface area contributed by atoms with E-state index >= 15 is 0 Å². The average Bonchev–Trinajstić information content (AvgIpc) is 3.09. The molecule has 1 heterocycles. The molecule has 0 radical (unpaired) electrons. The van der Waals surface area contributed by atoms with Crippen molar-refractivity contribution in [3.8, 4) is 11.5 Å². The van der Waals surface area contributed by atoms with Crippen LogP contribution in [0.15, 0.2) is 78.4 Å². The number of phenolic OH excluding ortho intramolecular Hbond substituents is 1. The Morgan fingerprint density at radius 2 is 1.71 bits per heavy atom. The van der Waals surface area contributed by atoms with Crippen LogP contribution < -0.4 is 9.64 Å². The van der Waals surface area contributed by atoms with Gasteiger partial charge in [-0.05, 0) is 60.4 Å². The molecule has 6 nitrogen and oxygen atoms in total. The number of aliphatic hydroxyl groups excluding tert-OH is 1. The van der Waals surface area contributed by atoms with Crippen molar-refractivity contribution in [3.05, 3.63) is 95.1 Å². The molecule has 1 amide bonds. The topological polar surface area (TPSA) is 87.1 Å². The monoisotopic (exact) mass is 457 g/mol. The molecule has 0 saturated carbocycles. The summed E-state index contributed by atoms with van der Waals surface area (Å²) in [5.41, 5.74) is 2.46. The van der Waals surface area contributed by atoms with Gasteiger partial charge >= 0.3 is 0 Å². The molecule has 174 valence electrons. The zero-order chi connectivity index (χ0) is 24.4. The lowest BCUT2D eigenvalue weighted by molar-refractivity contribution is -0.132.